The lowest BCUT2D eigenvalue weighted by atomic mass is 10.2. The van der Waals surface area contributed by atoms with Gasteiger partial charge in [-0.2, -0.15) is 0 Å². The Morgan fingerprint density at radius 1 is 1.67 bits per heavy atom. The Hall–Kier alpha value is -1.35. The maximum atomic E-state index is 11.9. The lowest BCUT2D eigenvalue weighted by molar-refractivity contribution is 0.0696. The molecule has 0 aliphatic carbocycles. The Kier molecular flexibility index (Phi) is 6.44. The van der Waals surface area contributed by atoms with Gasteiger partial charge in [0.1, 0.15) is 4.88 Å². The fraction of sp³-hybridized carbons (Fsp3) is 0.462. The zero-order valence-electron chi connectivity index (χ0n) is 10.7. The molecule has 18 heavy (non-hydrogen) atoms. The summed E-state index contributed by atoms with van der Waals surface area (Å²) in [7, 11) is 0. The predicted molar refractivity (Wildman–Crippen MR) is 73.7 cm³/mol. The highest BCUT2D eigenvalue weighted by Gasteiger charge is 2.12. The molecule has 1 aromatic heterocycles. The molecule has 0 aliphatic rings. The van der Waals surface area contributed by atoms with Crippen molar-refractivity contribution in [3.8, 4) is 11.8 Å². The van der Waals surface area contributed by atoms with Crippen molar-refractivity contribution in [3.05, 3.63) is 21.9 Å². The van der Waals surface area contributed by atoms with E-state index in [9.17, 15) is 4.79 Å². The van der Waals surface area contributed by atoms with Crippen LogP contribution in [0.25, 0.3) is 0 Å². The predicted octanol–water partition coefficient (Wildman–Crippen LogP) is 1.21. The van der Waals surface area contributed by atoms with E-state index in [1.807, 2.05) is 25.3 Å². The van der Waals surface area contributed by atoms with Crippen molar-refractivity contribution in [3.63, 3.8) is 0 Å². The van der Waals surface area contributed by atoms with Gasteiger partial charge in [-0.1, -0.05) is 11.8 Å². The van der Waals surface area contributed by atoms with Gasteiger partial charge in [0, 0.05) is 18.7 Å². The van der Waals surface area contributed by atoms with Crippen LogP contribution < -0.4 is 11.1 Å². The van der Waals surface area contributed by atoms with Crippen LogP contribution >= 0.6 is 11.3 Å². The highest BCUT2D eigenvalue weighted by atomic mass is 32.1. The van der Waals surface area contributed by atoms with Gasteiger partial charge >= 0.3 is 0 Å². The molecule has 1 heterocycles. The van der Waals surface area contributed by atoms with E-state index in [4.69, 9.17) is 10.5 Å². The summed E-state index contributed by atoms with van der Waals surface area (Å²) >= 11 is 1.38. The molecule has 5 heteroatoms. The monoisotopic (exact) mass is 266 g/mol. The third kappa shape index (κ3) is 4.49. The summed E-state index contributed by atoms with van der Waals surface area (Å²) in [4.78, 5) is 12.6. The lowest BCUT2D eigenvalue weighted by Crippen LogP contribution is -2.32. The van der Waals surface area contributed by atoms with E-state index < -0.39 is 0 Å². The molecule has 0 aromatic carbocycles. The van der Waals surface area contributed by atoms with Crippen LogP contribution in [0.1, 0.15) is 29.1 Å². The fourth-order valence-corrected chi connectivity index (χ4v) is 2.16. The topological polar surface area (TPSA) is 64.3 Å². The second kappa shape index (κ2) is 7.88. The molecule has 1 unspecified atom stereocenters. The number of carbonyl (C=O) groups excluding carboxylic acids is 1. The summed E-state index contributed by atoms with van der Waals surface area (Å²) in [5.74, 6) is 5.53. The molecule has 3 N–H and O–H groups in total. The summed E-state index contributed by atoms with van der Waals surface area (Å²) in [5, 5.41) is 4.68. The van der Waals surface area contributed by atoms with Gasteiger partial charge in [-0.05, 0) is 25.3 Å². The molecule has 1 aromatic rings. The van der Waals surface area contributed by atoms with Crippen LogP contribution in [0.3, 0.4) is 0 Å². The van der Waals surface area contributed by atoms with Gasteiger partial charge in [0.15, 0.2) is 0 Å². The Morgan fingerprint density at radius 3 is 3.11 bits per heavy atom. The first-order chi connectivity index (χ1) is 8.69. The Labute approximate surface area is 112 Å². The van der Waals surface area contributed by atoms with Crippen LogP contribution in [-0.2, 0) is 4.74 Å². The van der Waals surface area contributed by atoms with Gasteiger partial charge in [-0.25, -0.2) is 0 Å². The van der Waals surface area contributed by atoms with Crippen LogP contribution in [0.5, 0.6) is 0 Å². The van der Waals surface area contributed by atoms with Gasteiger partial charge in [-0.3, -0.25) is 4.79 Å². The second-order valence-electron chi connectivity index (χ2n) is 3.65. The van der Waals surface area contributed by atoms with Crippen LogP contribution in [-0.4, -0.2) is 31.7 Å². The molecule has 98 valence electrons. The number of hydrogen-bond acceptors (Lipinski definition) is 4. The molecule has 4 nitrogen and oxygen atoms in total. The van der Waals surface area contributed by atoms with E-state index in [1.165, 1.54) is 11.3 Å². The number of thiophene rings is 1. The van der Waals surface area contributed by atoms with Crippen molar-refractivity contribution in [1.29, 1.82) is 0 Å². The van der Waals surface area contributed by atoms with Crippen molar-refractivity contribution in [2.24, 2.45) is 5.73 Å². The first-order valence-electron chi connectivity index (χ1n) is 5.85. The Balaban J connectivity index is 2.59. The molecular weight excluding hydrogens is 248 g/mol. The molecule has 1 rings (SSSR count). The minimum Gasteiger partial charge on any atom is -0.377 e. The molecule has 0 spiro atoms. The third-order valence-corrected chi connectivity index (χ3v) is 3.11. The second-order valence-corrected chi connectivity index (χ2v) is 4.56. The van der Waals surface area contributed by atoms with E-state index in [1.54, 1.807) is 0 Å². The van der Waals surface area contributed by atoms with Gasteiger partial charge in [0.2, 0.25) is 0 Å². The number of nitrogens with one attached hydrogen (secondary N) is 1. The normalized spacial score (nSPS) is 11.5. The number of amides is 1. The van der Waals surface area contributed by atoms with Crippen LogP contribution in [0.4, 0.5) is 0 Å². The van der Waals surface area contributed by atoms with Gasteiger partial charge in [0.05, 0.1) is 12.6 Å². The Morgan fingerprint density at radius 2 is 2.44 bits per heavy atom. The summed E-state index contributed by atoms with van der Waals surface area (Å²) in [6.07, 6.45) is 0.0116. The largest absolute Gasteiger partial charge is 0.377 e. The van der Waals surface area contributed by atoms with E-state index >= 15 is 0 Å². The number of ether oxygens (including phenoxy) is 1. The number of hydrogen-bond donors (Lipinski definition) is 2. The van der Waals surface area contributed by atoms with E-state index in [0.717, 1.165) is 5.56 Å². The number of rotatable bonds is 5. The van der Waals surface area contributed by atoms with Crippen LogP contribution in [0.15, 0.2) is 11.4 Å². The first-order valence-corrected chi connectivity index (χ1v) is 6.73. The van der Waals surface area contributed by atoms with Gasteiger partial charge in [-0.15, -0.1) is 11.3 Å². The summed E-state index contributed by atoms with van der Waals surface area (Å²) in [5.41, 5.74) is 6.04. The molecule has 0 bridgehead atoms. The molecule has 0 fully saturated rings. The summed E-state index contributed by atoms with van der Waals surface area (Å²) < 4.78 is 5.35. The highest BCUT2D eigenvalue weighted by molar-refractivity contribution is 7.12. The van der Waals surface area contributed by atoms with Crippen LogP contribution in [0.2, 0.25) is 0 Å². The number of nitrogens with two attached hydrogens (primary N) is 1. The molecule has 1 amide bonds. The van der Waals surface area contributed by atoms with Gasteiger partial charge in [0.25, 0.3) is 5.91 Å². The average molecular weight is 266 g/mol. The van der Waals surface area contributed by atoms with E-state index in [-0.39, 0.29) is 18.6 Å². The molecule has 0 saturated heterocycles. The van der Waals surface area contributed by atoms with Crippen molar-refractivity contribution in [2.75, 3.05) is 19.7 Å². The minimum atomic E-state index is -0.113. The zero-order valence-corrected chi connectivity index (χ0v) is 11.5. The maximum absolute atomic E-state index is 11.9. The van der Waals surface area contributed by atoms with Crippen molar-refractivity contribution < 1.29 is 9.53 Å². The summed E-state index contributed by atoms with van der Waals surface area (Å²) in [6.45, 7) is 5.28. The van der Waals surface area contributed by atoms with E-state index in [0.29, 0.717) is 18.0 Å². The highest BCUT2D eigenvalue weighted by Crippen LogP contribution is 2.15. The zero-order chi connectivity index (χ0) is 13.4. The quantitative estimate of drug-likeness (QED) is 0.787. The summed E-state index contributed by atoms with van der Waals surface area (Å²) in [6, 6.07) is 1.83. The van der Waals surface area contributed by atoms with Crippen molar-refractivity contribution >= 4 is 17.2 Å². The molecule has 0 saturated carbocycles. The standard InChI is InChI=1S/C13H18N2O2S/c1-3-17-10(2)9-15-13(16)12-11(5-4-7-14)6-8-18-12/h6,8,10H,3,7,9,14H2,1-2H3,(H,15,16). The van der Waals surface area contributed by atoms with E-state index in [2.05, 4.69) is 17.2 Å². The molecule has 1 atom stereocenters. The van der Waals surface area contributed by atoms with Crippen molar-refractivity contribution in [1.82, 2.24) is 5.32 Å². The fourth-order valence-electron chi connectivity index (χ4n) is 1.39. The molecule has 0 radical (unpaired) electrons. The smallest absolute Gasteiger partial charge is 0.262 e. The van der Waals surface area contributed by atoms with Crippen molar-refractivity contribution in [2.45, 2.75) is 20.0 Å². The lowest BCUT2D eigenvalue weighted by Gasteiger charge is -2.12. The minimum absolute atomic E-state index is 0.0116. The number of carbonyl (C=O) groups is 1. The average Bonchev–Trinajstić information content (AvgIpc) is 2.82. The maximum Gasteiger partial charge on any atom is 0.262 e. The SMILES string of the molecule is CCOC(C)CNC(=O)c1sccc1C#CCN. The molecule has 0 aliphatic heterocycles. The Bertz CT molecular complexity index is 445. The third-order valence-electron chi connectivity index (χ3n) is 2.20. The first kappa shape index (κ1) is 14.7. The van der Waals surface area contributed by atoms with Crippen LogP contribution in [0, 0.1) is 11.8 Å². The molecular formula is C13H18N2O2S. The van der Waals surface area contributed by atoms with Gasteiger partial charge < -0.3 is 15.8 Å².